The lowest BCUT2D eigenvalue weighted by Crippen LogP contribution is -2.46. The van der Waals surface area contributed by atoms with Crippen LogP contribution < -0.4 is 10.6 Å². The molecule has 3 N–H and O–H groups in total. The highest BCUT2D eigenvalue weighted by Gasteiger charge is 2.29. The van der Waals surface area contributed by atoms with Gasteiger partial charge in [-0.2, -0.15) is 0 Å². The predicted octanol–water partition coefficient (Wildman–Crippen LogP) is 1.92. The van der Waals surface area contributed by atoms with Gasteiger partial charge in [0.15, 0.2) is 11.6 Å². The summed E-state index contributed by atoms with van der Waals surface area (Å²) in [6, 6.07) is 14.3. The van der Waals surface area contributed by atoms with E-state index in [-0.39, 0.29) is 12.5 Å². The minimum atomic E-state index is -1.00. The normalized spacial score (nSPS) is 12.7. The number of hydrogen-bond donors (Lipinski definition) is 3. The first-order valence-corrected chi connectivity index (χ1v) is 10.3. The molecule has 0 radical (unpaired) electrons. The highest BCUT2D eigenvalue weighted by molar-refractivity contribution is 5.95. The second-order valence-corrected chi connectivity index (χ2v) is 7.69. The molecule has 0 aliphatic heterocycles. The molecule has 1 atom stereocenters. The van der Waals surface area contributed by atoms with Gasteiger partial charge >= 0.3 is 0 Å². The van der Waals surface area contributed by atoms with E-state index in [9.17, 15) is 9.90 Å². The topological polar surface area (TPSA) is 131 Å². The van der Waals surface area contributed by atoms with Gasteiger partial charge in [0, 0.05) is 30.7 Å². The first kappa shape index (κ1) is 22.0. The number of aliphatic hydroxyl groups is 1. The summed E-state index contributed by atoms with van der Waals surface area (Å²) in [5.74, 6) is 1.03. The smallest absolute Gasteiger partial charge is 0.252 e. The molecule has 10 nitrogen and oxygen atoms in total. The molecule has 3 heterocycles. The van der Waals surface area contributed by atoms with E-state index in [1.54, 1.807) is 55.7 Å². The van der Waals surface area contributed by atoms with Crippen LogP contribution in [0, 0.1) is 0 Å². The van der Waals surface area contributed by atoms with Crippen LogP contribution in [0.1, 0.15) is 28.8 Å². The van der Waals surface area contributed by atoms with E-state index in [2.05, 4.69) is 35.8 Å². The maximum atomic E-state index is 12.9. The Morgan fingerprint density at radius 3 is 2.70 bits per heavy atom. The summed E-state index contributed by atoms with van der Waals surface area (Å²) in [4.78, 5) is 25.3. The van der Waals surface area contributed by atoms with Crippen molar-refractivity contribution in [3.63, 3.8) is 0 Å². The van der Waals surface area contributed by atoms with Crippen LogP contribution in [0.3, 0.4) is 0 Å². The summed E-state index contributed by atoms with van der Waals surface area (Å²) in [7, 11) is 1.87. The van der Waals surface area contributed by atoms with E-state index >= 15 is 0 Å². The molecule has 1 unspecified atom stereocenters. The molecule has 10 heteroatoms. The van der Waals surface area contributed by atoms with Gasteiger partial charge in [-0.25, -0.2) is 9.97 Å². The van der Waals surface area contributed by atoms with Crippen LogP contribution in [0.2, 0.25) is 0 Å². The zero-order valence-corrected chi connectivity index (χ0v) is 18.3. The third-order valence-electron chi connectivity index (χ3n) is 5.29. The van der Waals surface area contributed by atoms with Crippen LogP contribution in [0.15, 0.2) is 67.3 Å². The van der Waals surface area contributed by atoms with Crippen LogP contribution in [-0.4, -0.2) is 47.3 Å². The van der Waals surface area contributed by atoms with Gasteiger partial charge in [0.05, 0.1) is 18.8 Å². The molecule has 0 fully saturated rings. The molecule has 0 bridgehead atoms. The summed E-state index contributed by atoms with van der Waals surface area (Å²) < 4.78 is 1.85. The minimum Gasteiger partial charge on any atom is -0.394 e. The van der Waals surface area contributed by atoms with E-state index in [4.69, 9.17) is 0 Å². The number of aromatic nitrogens is 6. The second-order valence-electron chi connectivity index (χ2n) is 7.69. The van der Waals surface area contributed by atoms with Crippen LogP contribution in [0.5, 0.6) is 0 Å². The summed E-state index contributed by atoms with van der Waals surface area (Å²) in [6.45, 7) is 1.86. The van der Waals surface area contributed by atoms with Crippen molar-refractivity contribution >= 4 is 11.6 Å². The zero-order chi connectivity index (χ0) is 23.3. The van der Waals surface area contributed by atoms with Gasteiger partial charge in [0.1, 0.15) is 17.6 Å². The van der Waals surface area contributed by atoms with E-state index in [0.717, 1.165) is 5.69 Å². The first-order valence-electron chi connectivity index (χ1n) is 10.3. The standard InChI is InChI=1S/C23H24N8O2/c1-23(14-32,19-8-3-4-10-25-19)28-22(33)16-6-5-7-17(12-16)26-13-20-29-30-21(31(20)2)18-9-11-24-15-27-18/h3-12,15,26,32H,13-14H2,1-2H3,(H,28,33). The number of aliphatic hydroxyl groups excluding tert-OH is 1. The fourth-order valence-electron chi connectivity index (χ4n) is 3.31. The number of benzene rings is 1. The molecule has 4 aromatic rings. The number of nitrogens with one attached hydrogen (secondary N) is 2. The lowest BCUT2D eigenvalue weighted by molar-refractivity contribution is 0.0845. The molecule has 33 heavy (non-hydrogen) atoms. The van der Waals surface area contributed by atoms with E-state index in [0.29, 0.717) is 35.1 Å². The van der Waals surface area contributed by atoms with Crippen molar-refractivity contribution in [3.05, 3.63) is 84.3 Å². The van der Waals surface area contributed by atoms with Crippen molar-refractivity contribution in [3.8, 4) is 11.5 Å². The minimum absolute atomic E-state index is 0.283. The van der Waals surface area contributed by atoms with Gasteiger partial charge in [0.2, 0.25) is 0 Å². The largest absolute Gasteiger partial charge is 0.394 e. The second kappa shape index (κ2) is 9.53. The third kappa shape index (κ3) is 4.85. The fraction of sp³-hybridized carbons (Fsp3) is 0.217. The summed E-state index contributed by atoms with van der Waals surface area (Å²) in [5.41, 5.74) is 1.47. The van der Waals surface area contributed by atoms with Crippen LogP contribution in [0.4, 0.5) is 5.69 Å². The number of nitrogens with zero attached hydrogens (tertiary/aromatic N) is 6. The Bertz CT molecular complexity index is 1230. The van der Waals surface area contributed by atoms with Crippen molar-refractivity contribution in [2.75, 3.05) is 11.9 Å². The van der Waals surface area contributed by atoms with E-state index < -0.39 is 5.54 Å². The number of carbonyl (C=O) groups is 1. The average molecular weight is 444 g/mol. The quantitative estimate of drug-likeness (QED) is 0.376. The monoisotopic (exact) mass is 444 g/mol. The Hall–Kier alpha value is -4.18. The van der Waals surface area contributed by atoms with Gasteiger partial charge in [0.25, 0.3) is 5.91 Å². The molecule has 168 valence electrons. The molecule has 1 amide bonds. The molecule has 0 saturated heterocycles. The maximum absolute atomic E-state index is 12.9. The van der Waals surface area contributed by atoms with Gasteiger partial charge in [-0.3, -0.25) is 9.78 Å². The van der Waals surface area contributed by atoms with Gasteiger partial charge in [-0.1, -0.05) is 12.1 Å². The van der Waals surface area contributed by atoms with Crippen molar-refractivity contribution in [1.29, 1.82) is 0 Å². The number of pyridine rings is 1. The van der Waals surface area contributed by atoms with Crippen LogP contribution >= 0.6 is 0 Å². The van der Waals surface area contributed by atoms with Crippen molar-refractivity contribution < 1.29 is 9.90 Å². The Morgan fingerprint density at radius 1 is 1.09 bits per heavy atom. The Morgan fingerprint density at radius 2 is 1.97 bits per heavy atom. The lowest BCUT2D eigenvalue weighted by Gasteiger charge is -2.28. The number of anilines is 1. The molecule has 0 saturated carbocycles. The molecular weight excluding hydrogens is 420 g/mol. The van der Waals surface area contributed by atoms with Crippen molar-refractivity contribution in [2.45, 2.75) is 19.0 Å². The molecular formula is C23H24N8O2. The number of rotatable bonds is 8. The first-order chi connectivity index (χ1) is 16.0. The SMILES string of the molecule is Cn1c(CNc2cccc(C(=O)NC(C)(CO)c3ccccn3)c2)nnc1-c1ccncn1. The summed E-state index contributed by atoms with van der Waals surface area (Å²) >= 11 is 0. The van der Waals surface area contributed by atoms with Crippen LogP contribution in [0.25, 0.3) is 11.5 Å². The number of carbonyl (C=O) groups excluding carboxylic acids is 1. The van der Waals surface area contributed by atoms with E-state index in [1.807, 2.05) is 23.7 Å². The molecule has 1 aromatic carbocycles. The third-order valence-corrected chi connectivity index (χ3v) is 5.29. The number of hydrogen-bond acceptors (Lipinski definition) is 8. The highest BCUT2D eigenvalue weighted by Crippen LogP contribution is 2.20. The predicted molar refractivity (Wildman–Crippen MR) is 122 cm³/mol. The average Bonchev–Trinajstić information content (AvgIpc) is 3.24. The Balaban J connectivity index is 1.45. The van der Waals surface area contributed by atoms with Gasteiger partial charge in [-0.15, -0.1) is 10.2 Å². The number of amides is 1. The maximum Gasteiger partial charge on any atom is 0.252 e. The Labute approximate surface area is 190 Å². The van der Waals surface area contributed by atoms with Crippen LogP contribution in [-0.2, 0) is 19.1 Å². The molecule has 4 rings (SSSR count). The van der Waals surface area contributed by atoms with Gasteiger partial charge in [-0.05, 0) is 43.3 Å². The zero-order valence-electron chi connectivity index (χ0n) is 18.3. The Kier molecular flexibility index (Phi) is 6.36. The highest BCUT2D eigenvalue weighted by atomic mass is 16.3. The molecule has 0 aliphatic rings. The van der Waals surface area contributed by atoms with Crippen molar-refractivity contribution in [2.24, 2.45) is 7.05 Å². The van der Waals surface area contributed by atoms with Gasteiger partial charge < -0.3 is 20.3 Å². The van der Waals surface area contributed by atoms with E-state index in [1.165, 1.54) is 6.33 Å². The molecule has 0 spiro atoms. The summed E-state index contributed by atoms with van der Waals surface area (Å²) in [5, 5.41) is 24.5. The molecule has 3 aromatic heterocycles. The molecule has 0 aliphatic carbocycles. The lowest BCUT2D eigenvalue weighted by atomic mass is 9.97. The van der Waals surface area contributed by atoms with Crippen molar-refractivity contribution in [1.82, 2.24) is 35.0 Å². The summed E-state index contributed by atoms with van der Waals surface area (Å²) in [6.07, 6.45) is 4.75. The fourth-order valence-corrected chi connectivity index (χ4v) is 3.31.